The van der Waals surface area contributed by atoms with Gasteiger partial charge in [0.1, 0.15) is 0 Å². The van der Waals surface area contributed by atoms with Crippen molar-refractivity contribution in [2.45, 2.75) is 39.0 Å². The predicted molar refractivity (Wildman–Crippen MR) is 112 cm³/mol. The van der Waals surface area contributed by atoms with Crippen LogP contribution >= 0.6 is 0 Å². The number of ether oxygens (including phenoxy) is 3. The lowest BCUT2D eigenvalue weighted by Gasteiger charge is -2.19. The Morgan fingerprint density at radius 1 is 0.893 bits per heavy atom. The highest BCUT2D eigenvalue weighted by molar-refractivity contribution is 5.79. The molecule has 0 atom stereocenters. The van der Waals surface area contributed by atoms with Crippen LogP contribution in [-0.4, -0.2) is 33.8 Å². The topological polar surface area (TPSA) is 56.8 Å². The number of hydrogen-bond acceptors (Lipinski definition) is 4. The van der Waals surface area contributed by atoms with Crippen LogP contribution in [0.5, 0.6) is 17.2 Å². The molecule has 0 spiro atoms. The van der Waals surface area contributed by atoms with Crippen LogP contribution in [0.15, 0.2) is 36.4 Å². The molecule has 2 aromatic carbocycles. The van der Waals surface area contributed by atoms with E-state index in [1.807, 2.05) is 0 Å². The number of benzene rings is 2. The average molecular weight is 386 g/mol. The molecule has 0 radical (unpaired) electrons. The molecule has 2 rings (SSSR count). The maximum absolute atomic E-state index is 12.3. The van der Waals surface area contributed by atoms with Crippen molar-refractivity contribution >= 4 is 5.91 Å². The number of methoxy groups -OCH3 is 3. The normalized spacial score (nSPS) is 11.1. The van der Waals surface area contributed by atoms with Gasteiger partial charge in [-0.1, -0.05) is 45.0 Å². The Labute approximate surface area is 168 Å². The molecular weight excluding hydrogens is 354 g/mol. The van der Waals surface area contributed by atoms with Crippen molar-refractivity contribution in [2.75, 3.05) is 27.9 Å². The zero-order chi connectivity index (χ0) is 20.7. The quantitative estimate of drug-likeness (QED) is 0.748. The van der Waals surface area contributed by atoms with E-state index in [9.17, 15) is 4.79 Å². The Kier molecular flexibility index (Phi) is 7.32. The summed E-state index contributed by atoms with van der Waals surface area (Å²) in [6, 6.07) is 12.2. The second kappa shape index (κ2) is 9.49. The van der Waals surface area contributed by atoms with Crippen molar-refractivity contribution in [3.05, 3.63) is 53.1 Å². The van der Waals surface area contributed by atoms with Crippen molar-refractivity contribution in [1.29, 1.82) is 0 Å². The first kappa shape index (κ1) is 21.6. The molecule has 5 nitrogen and oxygen atoms in total. The number of hydrogen-bond donors (Lipinski definition) is 1. The Balaban J connectivity index is 1.92. The van der Waals surface area contributed by atoms with Crippen molar-refractivity contribution in [2.24, 2.45) is 0 Å². The lowest BCUT2D eigenvalue weighted by atomic mass is 9.86. The number of carbonyl (C=O) groups excluding carboxylic acids is 1. The highest BCUT2D eigenvalue weighted by Crippen LogP contribution is 2.38. The van der Waals surface area contributed by atoms with E-state index in [0.29, 0.717) is 23.8 Å². The highest BCUT2D eigenvalue weighted by Gasteiger charge is 2.15. The Bertz CT molecular complexity index is 766. The standard InChI is InChI=1S/C23H31NO4/c1-23(2,3)18-9-7-16(8-10-18)11-12-24-21(25)15-17-13-19(26-4)22(28-6)20(14-17)27-5/h7-10,13-14H,11-12,15H2,1-6H3,(H,24,25). The monoisotopic (exact) mass is 385 g/mol. The minimum absolute atomic E-state index is 0.0411. The molecule has 0 aliphatic rings. The summed E-state index contributed by atoms with van der Waals surface area (Å²) in [5, 5.41) is 2.98. The van der Waals surface area contributed by atoms with Crippen LogP contribution in [0.4, 0.5) is 0 Å². The molecule has 0 aliphatic heterocycles. The van der Waals surface area contributed by atoms with Crippen molar-refractivity contribution in [3.63, 3.8) is 0 Å². The molecule has 1 amide bonds. The summed E-state index contributed by atoms with van der Waals surface area (Å²) in [5.41, 5.74) is 3.47. The van der Waals surface area contributed by atoms with E-state index in [2.05, 4.69) is 50.4 Å². The third-order valence-corrected chi connectivity index (χ3v) is 4.65. The van der Waals surface area contributed by atoms with E-state index >= 15 is 0 Å². The Morgan fingerprint density at radius 3 is 1.93 bits per heavy atom. The molecular formula is C23H31NO4. The van der Waals surface area contributed by atoms with Gasteiger partial charge >= 0.3 is 0 Å². The van der Waals surface area contributed by atoms with Crippen LogP contribution in [0, 0.1) is 0 Å². The SMILES string of the molecule is COc1cc(CC(=O)NCCc2ccc(C(C)(C)C)cc2)cc(OC)c1OC. The van der Waals surface area contributed by atoms with Crippen LogP contribution in [0.3, 0.4) is 0 Å². The first-order valence-electron chi connectivity index (χ1n) is 9.43. The van der Waals surface area contributed by atoms with Gasteiger partial charge in [0.05, 0.1) is 27.8 Å². The third-order valence-electron chi connectivity index (χ3n) is 4.65. The van der Waals surface area contributed by atoms with Gasteiger partial charge in [-0.3, -0.25) is 4.79 Å². The summed E-state index contributed by atoms with van der Waals surface area (Å²) in [7, 11) is 4.68. The summed E-state index contributed by atoms with van der Waals surface area (Å²) >= 11 is 0. The predicted octanol–water partition coefficient (Wildman–Crippen LogP) is 3.91. The molecule has 152 valence electrons. The number of carbonyl (C=O) groups is 1. The molecule has 0 saturated carbocycles. The minimum Gasteiger partial charge on any atom is -0.493 e. The Morgan fingerprint density at radius 2 is 1.46 bits per heavy atom. The van der Waals surface area contributed by atoms with Crippen molar-refractivity contribution in [1.82, 2.24) is 5.32 Å². The van der Waals surface area contributed by atoms with Crippen molar-refractivity contribution < 1.29 is 19.0 Å². The van der Waals surface area contributed by atoms with Gasteiger partial charge in [0.2, 0.25) is 11.7 Å². The van der Waals surface area contributed by atoms with E-state index in [1.54, 1.807) is 33.5 Å². The second-order valence-electron chi connectivity index (χ2n) is 7.76. The minimum atomic E-state index is -0.0411. The van der Waals surface area contributed by atoms with Gasteiger partial charge in [-0.25, -0.2) is 0 Å². The van der Waals surface area contributed by atoms with E-state index < -0.39 is 0 Å². The molecule has 0 unspecified atom stereocenters. The van der Waals surface area contributed by atoms with E-state index in [0.717, 1.165) is 12.0 Å². The molecule has 1 N–H and O–H groups in total. The van der Waals surface area contributed by atoms with E-state index in [1.165, 1.54) is 11.1 Å². The molecule has 2 aromatic rings. The Hall–Kier alpha value is -2.69. The van der Waals surface area contributed by atoms with Crippen LogP contribution in [0.25, 0.3) is 0 Å². The third kappa shape index (κ3) is 5.65. The summed E-state index contributed by atoms with van der Waals surface area (Å²) in [4.78, 5) is 12.3. The molecule has 0 saturated heterocycles. The molecule has 0 aromatic heterocycles. The summed E-state index contributed by atoms with van der Waals surface area (Å²) < 4.78 is 16.0. The van der Waals surface area contributed by atoms with Crippen LogP contribution in [-0.2, 0) is 23.1 Å². The summed E-state index contributed by atoms with van der Waals surface area (Å²) in [5.74, 6) is 1.57. The molecule has 0 heterocycles. The summed E-state index contributed by atoms with van der Waals surface area (Å²) in [6.07, 6.45) is 1.05. The number of nitrogens with one attached hydrogen (secondary N) is 1. The molecule has 28 heavy (non-hydrogen) atoms. The molecule has 0 aliphatic carbocycles. The summed E-state index contributed by atoms with van der Waals surface area (Å²) in [6.45, 7) is 7.19. The second-order valence-corrected chi connectivity index (χ2v) is 7.76. The fourth-order valence-corrected chi connectivity index (χ4v) is 3.00. The lowest BCUT2D eigenvalue weighted by Crippen LogP contribution is -2.27. The van der Waals surface area contributed by atoms with Gasteiger partial charge in [-0.2, -0.15) is 0 Å². The van der Waals surface area contributed by atoms with Crippen LogP contribution in [0.2, 0.25) is 0 Å². The molecule has 0 bridgehead atoms. The molecule has 5 heteroatoms. The first-order chi connectivity index (χ1) is 13.3. The maximum atomic E-state index is 12.3. The van der Waals surface area contributed by atoms with Gasteiger partial charge in [0.25, 0.3) is 0 Å². The fraction of sp³-hybridized carbons (Fsp3) is 0.435. The van der Waals surface area contributed by atoms with Crippen LogP contribution in [0.1, 0.15) is 37.5 Å². The highest BCUT2D eigenvalue weighted by atomic mass is 16.5. The number of rotatable bonds is 8. The van der Waals surface area contributed by atoms with Gasteiger partial charge in [-0.15, -0.1) is 0 Å². The van der Waals surface area contributed by atoms with Crippen molar-refractivity contribution in [3.8, 4) is 17.2 Å². The van der Waals surface area contributed by atoms with Gasteiger partial charge in [0, 0.05) is 6.54 Å². The fourth-order valence-electron chi connectivity index (χ4n) is 3.00. The zero-order valence-corrected chi connectivity index (χ0v) is 17.7. The van der Waals surface area contributed by atoms with Gasteiger partial charge < -0.3 is 19.5 Å². The van der Waals surface area contributed by atoms with E-state index in [-0.39, 0.29) is 17.7 Å². The maximum Gasteiger partial charge on any atom is 0.224 e. The van der Waals surface area contributed by atoms with Gasteiger partial charge in [-0.05, 0) is 40.7 Å². The number of amides is 1. The largest absolute Gasteiger partial charge is 0.493 e. The van der Waals surface area contributed by atoms with Gasteiger partial charge in [0.15, 0.2) is 11.5 Å². The van der Waals surface area contributed by atoms with E-state index in [4.69, 9.17) is 14.2 Å². The van der Waals surface area contributed by atoms with Crippen LogP contribution < -0.4 is 19.5 Å². The lowest BCUT2D eigenvalue weighted by molar-refractivity contribution is -0.120. The molecule has 0 fully saturated rings. The average Bonchev–Trinajstić information content (AvgIpc) is 2.66. The first-order valence-corrected chi connectivity index (χ1v) is 9.43. The zero-order valence-electron chi connectivity index (χ0n) is 17.7. The smallest absolute Gasteiger partial charge is 0.224 e.